The van der Waals surface area contributed by atoms with E-state index < -0.39 is 18.8 Å². The minimum atomic E-state index is -4.24. The van der Waals surface area contributed by atoms with Crippen LogP contribution in [0.5, 0.6) is 0 Å². The molecule has 1 aromatic rings. The first-order valence-electron chi connectivity index (χ1n) is 6.15. The highest BCUT2D eigenvalue weighted by Crippen LogP contribution is 2.31. The molecule has 0 heterocycles. The van der Waals surface area contributed by atoms with E-state index in [1.807, 2.05) is 0 Å². The summed E-state index contributed by atoms with van der Waals surface area (Å²) in [7, 11) is 0. The first kappa shape index (κ1) is 17.6. The Morgan fingerprint density at radius 2 is 1.95 bits per heavy atom. The Balaban J connectivity index is 2.62. The molecule has 1 aromatic carbocycles. The zero-order valence-electron chi connectivity index (χ0n) is 10.9. The first-order valence-corrected chi connectivity index (χ1v) is 6.91. The molecule has 1 N–H and O–H groups in total. The van der Waals surface area contributed by atoms with Crippen LogP contribution in [0.2, 0.25) is 10.0 Å². The van der Waals surface area contributed by atoms with Crippen molar-refractivity contribution in [2.24, 2.45) is 0 Å². The number of aliphatic hydroxyl groups excluding tert-OH is 1. The van der Waals surface area contributed by atoms with Crippen LogP contribution in [0.1, 0.15) is 25.0 Å². The number of benzene rings is 1. The molecule has 1 atom stereocenters. The topological polar surface area (TPSA) is 23.5 Å². The molecule has 0 aliphatic carbocycles. The van der Waals surface area contributed by atoms with Crippen LogP contribution in [0.25, 0.3) is 0 Å². The Labute approximate surface area is 126 Å². The molecule has 1 rings (SSSR count). The highest BCUT2D eigenvalue weighted by molar-refractivity contribution is 6.42. The van der Waals surface area contributed by atoms with Crippen LogP contribution in [0.15, 0.2) is 18.2 Å². The summed E-state index contributed by atoms with van der Waals surface area (Å²) in [4.78, 5) is 1.22. The minimum absolute atomic E-state index is 0.125. The van der Waals surface area contributed by atoms with Crippen LogP contribution in [-0.2, 0) is 0 Å². The van der Waals surface area contributed by atoms with Gasteiger partial charge in [0.05, 0.1) is 22.7 Å². The highest BCUT2D eigenvalue weighted by Gasteiger charge is 2.30. The van der Waals surface area contributed by atoms with Gasteiger partial charge in [0, 0.05) is 12.1 Å². The molecule has 0 aliphatic heterocycles. The highest BCUT2D eigenvalue weighted by atomic mass is 35.5. The second-order valence-corrected chi connectivity index (χ2v) is 5.22. The zero-order valence-corrected chi connectivity index (χ0v) is 12.4. The lowest BCUT2D eigenvalue weighted by Crippen LogP contribution is -2.35. The van der Waals surface area contributed by atoms with Gasteiger partial charge in [0.25, 0.3) is 0 Å². The van der Waals surface area contributed by atoms with Gasteiger partial charge in [-0.15, -0.1) is 0 Å². The number of nitrogens with zero attached hydrogens (tertiary/aromatic N) is 1. The van der Waals surface area contributed by atoms with Crippen molar-refractivity contribution in [2.45, 2.75) is 25.6 Å². The Hall–Kier alpha value is -0.490. The molecule has 0 fully saturated rings. The van der Waals surface area contributed by atoms with Gasteiger partial charge in [-0.05, 0) is 19.0 Å². The third-order valence-corrected chi connectivity index (χ3v) is 3.74. The van der Waals surface area contributed by atoms with Crippen LogP contribution in [-0.4, -0.2) is 35.8 Å². The summed E-state index contributed by atoms with van der Waals surface area (Å²) < 4.78 is 36.9. The van der Waals surface area contributed by atoms with Crippen LogP contribution in [0.3, 0.4) is 0 Å². The Morgan fingerprint density at radius 1 is 1.30 bits per heavy atom. The van der Waals surface area contributed by atoms with E-state index in [0.29, 0.717) is 10.6 Å². The molecule has 0 bridgehead atoms. The summed E-state index contributed by atoms with van der Waals surface area (Å²) in [5, 5.41) is 10.6. The molecule has 0 radical (unpaired) electrons. The van der Waals surface area contributed by atoms with E-state index in [0.717, 1.165) is 0 Å². The van der Waals surface area contributed by atoms with Crippen molar-refractivity contribution in [1.29, 1.82) is 0 Å². The van der Waals surface area contributed by atoms with Gasteiger partial charge in [0.2, 0.25) is 0 Å². The van der Waals surface area contributed by atoms with Gasteiger partial charge < -0.3 is 5.11 Å². The van der Waals surface area contributed by atoms with Gasteiger partial charge in [0.15, 0.2) is 0 Å². The minimum Gasteiger partial charge on any atom is -0.388 e. The van der Waals surface area contributed by atoms with E-state index in [4.69, 9.17) is 23.2 Å². The van der Waals surface area contributed by atoms with Crippen molar-refractivity contribution < 1.29 is 18.3 Å². The monoisotopic (exact) mass is 329 g/mol. The van der Waals surface area contributed by atoms with Crippen molar-refractivity contribution >= 4 is 23.2 Å². The number of hydrogen-bond acceptors (Lipinski definition) is 2. The molecule has 20 heavy (non-hydrogen) atoms. The fourth-order valence-corrected chi connectivity index (χ4v) is 2.27. The van der Waals surface area contributed by atoms with Gasteiger partial charge in [-0.25, -0.2) is 0 Å². The maximum absolute atomic E-state index is 12.3. The standard InChI is InChI=1S/C13H16Cl2F3NO/c1-2-19(8-13(16,17)18)7-6-11(20)9-4-3-5-10(14)12(9)15/h3-5,11,20H,2,6-8H2,1H3. The lowest BCUT2D eigenvalue weighted by atomic mass is 10.1. The van der Waals surface area contributed by atoms with E-state index in [2.05, 4.69) is 0 Å². The summed E-state index contributed by atoms with van der Waals surface area (Å²) in [6.45, 7) is 1.04. The van der Waals surface area contributed by atoms with Gasteiger partial charge in [-0.3, -0.25) is 4.90 Å². The largest absolute Gasteiger partial charge is 0.401 e. The summed E-state index contributed by atoms with van der Waals surface area (Å²) in [6.07, 6.45) is -5.03. The smallest absolute Gasteiger partial charge is 0.388 e. The van der Waals surface area contributed by atoms with Crippen LogP contribution < -0.4 is 0 Å². The van der Waals surface area contributed by atoms with Crippen molar-refractivity contribution in [2.75, 3.05) is 19.6 Å². The molecule has 0 aliphatic rings. The summed E-state index contributed by atoms with van der Waals surface area (Å²) in [6, 6.07) is 4.83. The maximum atomic E-state index is 12.3. The normalized spacial score (nSPS) is 13.8. The van der Waals surface area contributed by atoms with Gasteiger partial charge in [-0.2, -0.15) is 13.2 Å². The Bertz CT molecular complexity index is 440. The predicted molar refractivity (Wildman–Crippen MR) is 74.2 cm³/mol. The van der Waals surface area contributed by atoms with Crippen molar-refractivity contribution in [3.05, 3.63) is 33.8 Å². The first-order chi connectivity index (χ1) is 9.24. The average Bonchev–Trinajstić information content (AvgIpc) is 2.36. The lowest BCUT2D eigenvalue weighted by molar-refractivity contribution is -0.146. The summed E-state index contributed by atoms with van der Waals surface area (Å²) >= 11 is 11.8. The number of rotatable bonds is 6. The van der Waals surface area contributed by atoms with Gasteiger partial charge in [-0.1, -0.05) is 42.3 Å². The van der Waals surface area contributed by atoms with Gasteiger partial charge >= 0.3 is 6.18 Å². The SMILES string of the molecule is CCN(CCC(O)c1cccc(Cl)c1Cl)CC(F)(F)F. The summed E-state index contributed by atoms with van der Waals surface area (Å²) in [5.74, 6) is 0. The molecular formula is C13H16Cl2F3NO. The van der Waals surface area contributed by atoms with E-state index >= 15 is 0 Å². The number of aliphatic hydroxyl groups is 1. The molecule has 2 nitrogen and oxygen atoms in total. The second kappa shape index (κ2) is 7.50. The van der Waals surface area contributed by atoms with Crippen LogP contribution in [0, 0.1) is 0 Å². The van der Waals surface area contributed by atoms with Crippen molar-refractivity contribution in [3.8, 4) is 0 Å². The maximum Gasteiger partial charge on any atom is 0.401 e. The number of alkyl halides is 3. The van der Waals surface area contributed by atoms with Crippen molar-refractivity contribution in [3.63, 3.8) is 0 Å². The molecule has 0 saturated carbocycles. The molecule has 1 unspecified atom stereocenters. The molecule has 0 aromatic heterocycles. The fourth-order valence-electron chi connectivity index (χ4n) is 1.84. The zero-order chi connectivity index (χ0) is 15.3. The fraction of sp³-hybridized carbons (Fsp3) is 0.538. The molecular weight excluding hydrogens is 314 g/mol. The molecule has 0 amide bonds. The van der Waals surface area contributed by atoms with Crippen LogP contribution in [0.4, 0.5) is 13.2 Å². The van der Waals surface area contributed by atoms with Crippen LogP contribution >= 0.6 is 23.2 Å². The Morgan fingerprint density at radius 3 is 2.50 bits per heavy atom. The quantitative estimate of drug-likeness (QED) is 0.841. The molecule has 114 valence electrons. The van der Waals surface area contributed by atoms with E-state index in [1.165, 1.54) is 4.90 Å². The van der Waals surface area contributed by atoms with Gasteiger partial charge in [0.1, 0.15) is 0 Å². The van der Waals surface area contributed by atoms with E-state index in [9.17, 15) is 18.3 Å². The third kappa shape index (κ3) is 5.48. The molecule has 0 saturated heterocycles. The lowest BCUT2D eigenvalue weighted by Gasteiger charge is -2.23. The van der Waals surface area contributed by atoms with E-state index in [1.54, 1.807) is 25.1 Å². The number of hydrogen-bond donors (Lipinski definition) is 1. The molecule has 0 spiro atoms. The molecule has 7 heteroatoms. The average molecular weight is 330 g/mol. The predicted octanol–water partition coefficient (Wildman–Crippen LogP) is 4.30. The number of halogens is 5. The third-order valence-electron chi connectivity index (χ3n) is 2.91. The summed E-state index contributed by atoms with van der Waals surface area (Å²) in [5.41, 5.74) is 0.433. The van der Waals surface area contributed by atoms with Crippen molar-refractivity contribution in [1.82, 2.24) is 4.90 Å². The van der Waals surface area contributed by atoms with E-state index in [-0.39, 0.29) is 24.5 Å². The second-order valence-electron chi connectivity index (χ2n) is 4.43. The Kier molecular flexibility index (Phi) is 6.58.